The number of anilines is 1. The molecule has 2 aromatic carbocycles. The predicted molar refractivity (Wildman–Crippen MR) is 91.5 cm³/mol. The molecular formula is C19H15FN4O. The molecular weight excluding hydrogens is 319 g/mol. The van der Waals surface area contributed by atoms with Crippen molar-refractivity contribution in [3.63, 3.8) is 0 Å². The van der Waals surface area contributed by atoms with Crippen LogP contribution in [0.5, 0.6) is 0 Å². The van der Waals surface area contributed by atoms with Crippen LogP contribution in [0.4, 0.5) is 10.1 Å². The van der Waals surface area contributed by atoms with Crippen molar-refractivity contribution in [1.82, 2.24) is 9.55 Å². The lowest BCUT2D eigenvalue weighted by Crippen LogP contribution is -2.20. The van der Waals surface area contributed by atoms with Gasteiger partial charge in [-0.25, -0.2) is 9.37 Å². The zero-order valence-electron chi connectivity index (χ0n) is 13.4. The van der Waals surface area contributed by atoms with Crippen LogP contribution in [0.25, 0.3) is 11.0 Å². The summed E-state index contributed by atoms with van der Waals surface area (Å²) >= 11 is 0. The Morgan fingerprint density at radius 1 is 1.32 bits per heavy atom. The Balaban J connectivity index is 1.60. The topological polar surface area (TPSA) is 70.7 Å². The molecule has 1 aliphatic rings. The highest BCUT2D eigenvalue weighted by Crippen LogP contribution is 2.40. The zero-order chi connectivity index (χ0) is 17.4. The number of halogens is 1. The van der Waals surface area contributed by atoms with Crippen LogP contribution in [0.1, 0.15) is 30.1 Å². The Morgan fingerprint density at radius 2 is 2.12 bits per heavy atom. The van der Waals surface area contributed by atoms with E-state index >= 15 is 0 Å². The number of hydrogen-bond acceptors (Lipinski definition) is 3. The minimum Gasteiger partial charge on any atom is -0.324 e. The fourth-order valence-corrected chi connectivity index (χ4v) is 2.95. The maximum absolute atomic E-state index is 13.4. The Labute approximate surface area is 143 Å². The molecule has 3 aromatic rings. The number of rotatable bonds is 4. The van der Waals surface area contributed by atoms with Crippen molar-refractivity contribution in [3.8, 4) is 6.07 Å². The molecule has 0 unspecified atom stereocenters. The maximum atomic E-state index is 13.4. The third-order valence-electron chi connectivity index (χ3n) is 4.30. The number of nitriles is 1. The fourth-order valence-electron chi connectivity index (χ4n) is 2.95. The van der Waals surface area contributed by atoms with Crippen molar-refractivity contribution in [2.75, 3.05) is 5.32 Å². The number of amides is 1. The number of nitrogens with one attached hydrogen (secondary N) is 1. The Bertz CT molecular complexity index is 1010. The lowest BCUT2D eigenvalue weighted by atomic mass is 10.2. The number of imidazole rings is 1. The molecule has 25 heavy (non-hydrogen) atoms. The van der Waals surface area contributed by atoms with Crippen LogP contribution in [-0.4, -0.2) is 15.5 Å². The molecule has 0 atom stereocenters. The molecule has 0 radical (unpaired) electrons. The van der Waals surface area contributed by atoms with E-state index in [0.29, 0.717) is 11.6 Å². The highest BCUT2D eigenvalue weighted by atomic mass is 19.1. The third kappa shape index (κ3) is 2.96. The molecule has 1 aliphatic carbocycles. The van der Waals surface area contributed by atoms with Gasteiger partial charge in [-0.3, -0.25) is 4.79 Å². The van der Waals surface area contributed by atoms with E-state index in [2.05, 4.69) is 10.3 Å². The SMILES string of the molecule is N#Cc1cc(NC(=O)Cn2c(C3CC3)nc3ccccc32)ccc1F. The quantitative estimate of drug-likeness (QED) is 0.793. The Kier molecular flexibility index (Phi) is 3.69. The molecule has 1 heterocycles. The van der Waals surface area contributed by atoms with Gasteiger partial charge in [0.15, 0.2) is 0 Å². The highest BCUT2D eigenvalue weighted by molar-refractivity contribution is 5.92. The number of carbonyl (C=O) groups is 1. The Morgan fingerprint density at radius 3 is 2.88 bits per heavy atom. The predicted octanol–water partition coefficient (Wildman–Crippen LogP) is 3.56. The van der Waals surface area contributed by atoms with Crippen LogP contribution in [0, 0.1) is 17.1 Å². The van der Waals surface area contributed by atoms with Crippen LogP contribution >= 0.6 is 0 Å². The van der Waals surface area contributed by atoms with Crippen molar-refractivity contribution in [2.24, 2.45) is 0 Å². The number of aromatic nitrogens is 2. The van der Waals surface area contributed by atoms with E-state index in [1.54, 1.807) is 6.07 Å². The van der Waals surface area contributed by atoms with Crippen molar-refractivity contribution in [2.45, 2.75) is 25.3 Å². The van der Waals surface area contributed by atoms with Gasteiger partial charge in [0.1, 0.15) is 24.3 Å². The first-order chi connectivity index (χ1) is 12.2. The first-order valence-electron chi connectivity index (χ1n) is 8.10. The van der Waals surface area contributed by atoms with Crippen LogP contribution in [0.15, 0.2) is 42.5 Å². The van der Waals surface area contributed by atoms with Crippen LogP contribution in [0.2, 0.25) is 0 Å². The summed E-state index contributed by atoms with van der Waals surface area (Å²) in [6, 6.07) is 13.5. The van der Waals surface area contributed by atoms with Gasteiger partial charge in [0.05, 0.1) is 16.6 Å². The minimum atomic E-state index is -0.600. The van der Waals surface area contributed by atoms with Gasteiger partial charge in [-0.05, 0) is 43.2 Å². The average molecular weight is 334 g/mol. The molecule has 124 valence electrons. The molecule has 0 bridgehead atoms. The molecule has 0 spiro atoms. The summed E-state index contributed by atoms with van der Waals surface area (Å²) in [7, 11) is 0. The van der Waals surface area contributed by atoms with Crippen LogP contribution in [0.3, 0.4) is 0 Å². The summed E-state index contributed by atoms with van der Waals surface area (Å²) in [5, 5.41) is 11.6. The molecule has 1 aromatic heterocycles. The largest absolute Gasteiger partial charge is 0.324 e. The molecule has 1 amide bonds. The first-order valence-corrected chi connectivity index (χ1v) is 8.10. The number of hydrogen-bond donors (Lipinski definition) is 1. The number of para-hydroxylation sites is 2. The van der Waals surface area contributed by atoms with Gasteiger partial charge in [-0.2, -0.15) is 5.26 Å². The molecule has 0 saturated heterocycles. The molecule has 4 rings (SSSR count). The van der Waals surface area contributed by atoms with Gasteiger partial charge >= 0.3 is 0 Å². The second-order valence-electron chi connectivity index (χ2n) is 6.17. The van der Waals surface area contributed by atoms with Gasteiger partial charge < -0.3 is 9.88 Å². The minimum absolute atomic E-state index is 0.0930. The van der Waals surface area contributed by atoms with Gasteiger partial charge in [0, 0.05) is 11.6 Å². The van der Waals surface area contributed by atoms with Gasteiger partial charge in [0.2, 0.25) is 5.91 Å². The molecule has 1 N–H and O–H groups in total. The summed E-state index contributed by atoms with van der Waals surface area (Å²) < 4.78 is 15.3. The van der Waals surface area contributed by atoms with E-state index in [0.717, 1.165) is 29.7 Å². The molecule has 5 nitrogen and oxygen atoms in total. The summed E-state index contributed by atoms with van der Waals surface area (Å²) in [6.45, 7) is 0.131. The second-order valence-corrected chi connectivity index (χ2v) is 6.17. The number of benzene rings is 2. The molecule has 1 fully saturated rings. The molecule has 1 saturated carbocycles. The fraction of sp³-hybridized carbons (Fsp3) is 0.211. The van der Waals surface area contributed by atoms with Crippen molar-refractivity contribution in [3.05, 3.63) is 59.7 Å². The van der Waals surface area contributed by atoms with E-state index in [-0.39, 0.29) is 18.0 Å². The maximum Gasteiger partial charge on any atom is 0.244 e. The standard InChI is InChI=1S/C19H15FN4O/c20-15-8-7-14(9-13(15)10-21)22-18(25)11-24-17-4-2-1-3-16(17)23-19(24)12-5-6-12/h1-4,7-9,12H,5-6,11H2,(H,22,25). The summed E-state index contributed by atoms with van der Waals surface area (Å²) in [5.74, 6) is 0.516. The third-order valence-corrected chi connectivity index (χ3v) is 4.30. The van der Waals surface area contributed by atoms with E-state index < -0.39 is 5.82 Å². The van der Waals surface area contributed by atoms with Gasteiger partial charge in [-0.1, -0.05) is 12.1 Å². The van der Waals surface area contributed by atoms with E-state index in [1.165, 1.54) is 18.2 Å². The van der Waals surface area contributed by atoms with Crippen molar-refractivity contribution in [1.29, 1.82) is 5.26 Å². The van der Waals surface area contributed by atoms with Crippen LogP contribution in [-0.2, 0) is 11.3 Å². The zero-order valence-corrected chi connectivity index (χ0v) is 13.4. The summed E-state index contributed by atoms with van der Waals surface area (Å²) in [6.07, 6.45) is 2.18. The van der Waals surface area contributed by atoms with Crippen LogP contribution < -0.4 is 5.32 Å². The smallest absolute Gasteiger partial charge is 0.244 e. The van der Waals surface area contributed by atoms with E-state index in [9.17, 15) is 9.18 Å². The number of fused-ring (bicyclic) bond motifs is 1. The Hall–Kier alpha value is -3.20. The number of nitrogens with zero attached hydrogens (tertiary/aromatic N) is 3. The number of carbonyl (C=O) groups excluding carboxylic acids is 1. The molecule has 6 heteroatoms. The summed E-state index contributed by atoms with van der Waals surface area (Å²) in [5.41, 5.74) is 2.12. The highest BCUT2D eigenvalue weighted by Gasteiger charge is 2.30. The molecule has 0 aliphatic heterocycles. The normalized spacial score (nSPS) is 13.6. The second kappa shape index (κ2) is 6.02. The van der Waals surface area contributed by atoms with E-state index in [1.807, 2.05) is 28.8 Å². The lowest BCUT2D eigenvalue weighted by Gasteiger charge is -2.10. The van der Waals surface area contributed by atoms with Crippen molar-refractivity contribution < 1.29 is 9.18 Å². The summed E-state index contributed by atoms with van der Waals surface area (Å²) in [4.78, 5) is 17.1. The first kappa shape index (κ1) is 15.3. The monoisotopic (exact) mass is 334 g/mol. The van der Waals surface area contributed by atoms with Gasteiger partial charge in [0.25, 0.3) is 0 Å². The van der Waals surface area contributed by atoms with Gasteiger partial charge in [-0.15, -0.1) is 0 Å². The lowest BCUT2D eigenvalue weighted by molar-refractivity contribution is -0.116. The average Bonchev–Trinajstić information content (AvgIpc) is 3.40. The van der Waals surface area contributed by atoms with E-state index in [4.69, 9.17) is 5.26 Å². The van der Waals surface area contributed by atoms with Crippen molar-refractivity contribution >= 4 is 22.6 Å².